The van der Waals surface area contributed by atoms with Gasteiger partial charge in [0.2, 0.25) is 0 Å². The standard InChI is InChI=1S/C67H112O5/c1-3-5-7-9-11-13-15-17-19-21-23-25-27-28-29-30-31-32-33-34-35-36-37-38-40-42-44-46-48-50-52-54-56-58-60-62-67(70)72-65(63-68)64-71-66(69)61-59-57-55-53-51-49-47-45-43-41-39-26-24-22-20-18-16-14-12-10-8-6-4-2/h5-8,11-14,17-20,23-26,28-29,31-32,65,68H,3-4,9-10,15-16,21-22,27,30,33-64H2,1-2H3/b7-5-,8-6-,13-11-,14-12-,19-17-,20-18-,25-23-,26-24-,29-28-,32-31-. The fourth-order valence-corrected chi connectivity index (χ4v) is 8.32. The monoisotopic (exact) mass is 997 g/mol. The molecule has 0 aromatic heterocycles. The summed E-state index contributed by atoms with van der Waals surface area (Å²) < 4.78 is 10.7. The van der Waals surface area contributed by atoms with Crippen molar-refractivity contribution in [1.29, 1.82) is 0 Å². The fraction of sp³-hybridized carbons (Fsp3) is 0.672. The maximum atomic E-state index is 12.3. The van der Waals surface area contributed by atoms with E-state index in [1.54, 1.807) is 0 Å². The molecule has 1 unspecified atom stereocenters. The minimum absolute atomic E-state index is 0.0721. The number of ether oxygens (including phenoxy) is 2. The molecule has 0 aliphatic rings. The van der Waals surface area contributed by atoms with Crippen LogP contribution < -0.4 is 0 Å². The van der Waals surface area contributed by atoms with Crippen LogP contribution in [-0.4, -0.2) is 36.4 Å². The van der Waals surface area contributed by atoms with Crippen LogP contribution in [0, 0.1) is 0 Å². The molecule has 1 atom stereocenters. The highest BCUT2D eigenvalue weighted by molar-refractivity contribution is 5.70. The number of aliphatic hydroxyl groups excluding tert-OH is 1. The molecule has 0 fully saturated rings. The maximum Gasteiger partial charge on any atom is 0.306 e. The molecule has 0 bridgehead atoms. The van der Waals surface area contributed by atoms with Gasteiger partial charge in [0.25, 0.3) is 0 Å². The maximum absolute atomic E-state index is 12.3. The Morgan fingerprint density at radius 2 is 0.556 bits per heavy atom. The Morgan fingerprint density at radius 1 is 0.319 bits per heavy atom. The first kappa shape index (κ1) is 68.3. The molecule has 0 amide bonds. The van der Waals surface area contributed by atoms with E-state index in [9.17, 15) is 14.7 Å². The van der Waals surface area contributed by atoms with Crippen LogP contribution in [0.4, 0.5) is 0 Å². The Balaban J connectivity index is 3.50. The van der Waals surface area contributed by atoms with E-state index in [0.717, 1.165) is 103 Å². The van der Waals surface area contributed by atoms with E-state index >= 15 is 0 Å². The molecule has 0 aliphatic heterocycles. The third-order valence-electron chi connectivity index (χ3n) is 12.8. The molecule has 410 valence electrons. The molecule has 0 aromatic rings. The van der Waals surface area contributed by atoms with E-state index in [-0.39, 0.29) is 25.2 Å². The Hall–Kier alpha value is -3.70. The molecule has 5 heteroatoms. The number of hydrogen-bond acceptors (Lipinski definition) is 5. The average molecular weight is 998 g/mol. The highest BCUT2D eigenvalue weighted by Gasteiger charge is 2.16. The SMILES string of the molecule is CC/C=C\C/C=C\C/C=C\C/C=C\C/C=C\C/C=C\CCCCCCCCCCCCCCCCCCC(=O)OC(CO)COC(=O)CCCCCCCCCCCC/C=C\C/C=C\C/C=C\C/C=C\CC. The Labute approximate surface area is 445 Å². The molecule has 0 radical (unpaired) electrons. The van der Waals surface area contributed by atoms with Gasteiger partial charge in [-0.2, -0.15) is 0 Å². The number of esters is 2. The van der Waals surface area contributed by atoms with Crippen LogP contribution in [0.2, 0.25) is 0 Å². The summed E-state index contributed by atoms with van der Waals surface area (Å²) >= 11 is 0. The summed E-state index contributed by atoms with van der Waals surface area (Å²) in [6.45, 7) is 3.92. The number of unbranched alkanes of at least 4 members (excludes halogenated alkanes) is 26. The van der Waals surface area contributed by atoms with Crippen molar-refractivity contribution in [3.8, 4) is 0 Å². The van der Waals surface area contributed by atoms with E-state index < -0.39 is 6.10 Å². The lowest BCUT2D eigenvalue weighted by atomic mass is 10.0. The largest absolute Gasteiger partial charge is 0.462 e. The van der Waals surface area contributed by atoms with E-state index in [1.165, 1.54) is 141 Å². The number of carbonyl (C=O) groups is 2. The summed E-state index contributed by atoms with van der Waals surface area (Å²) in [6, 6.07) is 0. The zero-order chi connectivity index (χ0) is 52.0. The molecule has 0 rings (SSSR count). The highest BCUT2D eigenvalue weighted by atomic mass is 16.6. The van der Waals surface area contributed by atoms with Gasteiger partial charge in [-0.3, -0.25) is 9.59 Å². The van der Waals surface area contributed by atoms with Gasteiger partial charge < -0.3 is 14.6 Å². The second kappa shape index (κ2) is 61.6. The molecule has 72 heavy (non-hydrogen) atoms. The summed E-state index contributed by atoms with van der Waals surface area (Å²) in [4.78, 5) is 24.6. The molecule has 0 spiro atoms. The summed E-state index contributed by atoms with van der Waals surface area (Å²) in [5.74, 6) is -0.594. The molecule has 0 heterocycles. The summed E-state index contributed by atoms with van der Waals surface area (Å²) in [6.07, 6.45) is 90.4. The van der Waals surface area contributed by atoms with Crippen LogP contribution in [0.15, 0.2) is 122 Å². The van der Waals surface area contributed by atoms with Gasteiger partial charge in [-0.1, -0.05) is 277 Å². The minimum Gasteiger partial charge on any atom is -0.462 e. The molecule has 0 saturated heterocycles. The lowest BCUT2D eigenvalue weighted by molar-refractivity contribution is -0.161. The van der Waals surface area contributed by atoms with Crippen molar-refractivity contribution in [2.45, 2.75) is 277 Å². The molecule has 0 saturated carbocycles. The van der Waals surface area contributed by atoms with Gasteiger partial charge in [0.05, 0.1) is 6.61 Å². The van der Waals surface area contributed by atoms with Gasteiger partial charge in [-0.15, -0.1) is 0 Å². The third-order valence-corrected chi connectivity index (χ3v) is 12.8. The van der Waals surface area contributed by atoms with E-state index in [0.29, 0.717) is 12.8 Å². The van der Waals surface area contributed by atoms with Gasteiger partial charge >= 0.3 is 11.9 Å². The van der Waals surface area contributed by atoms with Crippen molar-refractivity contribution < 1.29 is 24.2 Å². The Kier molecular flexibility index (Phi) is 58.4. The number of rotatable bonds is 54. The quantitative estimate of drug-likeness (QED) is 0.0373. The van der Waals surface area contributed by atoms with Crippen LogP contribution in [-0.2, 0) is 19.1 Å². The lowest BCUT2D eigenvalue weighted by Gasteiger charge is -2.15. The zero-order valence-electron chi connectivity index (χ0n) is 46.9. The van der Waals surface area contributed by atoms with Crippen molar-refractivity contribution in [3.05, 3.63) is 122 Å². The summed E-state index contributed by atoms with van der Waals surface area (Å²) in [7, 11) is 0. The number of aliphatic hydroxyl groups is 1. The fourth-order valence-electron chi connectivity index (χ4n) is 8.32. The van der Waals surface area contributed by atoms with Crippen molar-refractivity contribution in [1.82, 2.24) is 0 Å². The van der Waals surface area contributed by atoms with E-state index in [1.807, 2.05) is 0 Å². The first-order chi connectivity index (χ1) is 35.6. The number of carbonyl (C=O) groups excluding carboxylic acids is 2. The third kappa shape index (κ3) is 58.9. The number of allylic oxidation sites excluding steroid dienone is 20. The molecular formula is C67H112O5. The molecule has 0 aromatic carbocycles. The van der Waals surface area contributed by atoms with Gasteiger partial charge in [-0.05, 0) is 103 Å². The molecule has 0 aliphatic carbocycles. The van der Waals surface area contributed by atoms with E-state index in [4.69, 9.17) is 9.47 Å². The topological polar surface area (TPSA) is 72.8 Å². The van der Waals surface area contributed by atoms with Crippen molar-refractivity contribution >= 4 is 11.9 Å². The minimum atomic E-state index is -0.781. The first-order valence-electron chi connectivity index (χ1n) is 30.1. The molecular weight excluding hydrogens is 885 g/mol. The van der Waals surface area contributed by atoms with Gasteiger partial charge in [0, 0.05) is 12.8 Å². The number of hydrogen-bond donors (Lipinski definition) is 1. The molecule has 1 N–H and O–H groups in total. The van der Waals surface area contributed by atoms with E-state index in [2.05, 4.69) is 135 Å². The highest BCUT2D eigenvalue weighted by Crippen LogP contribution is 2.16. The Bertz CT molecular complexity index is 1450. The van der Waals surface area contributed by atoms with Gasteiger partial charge in [-0.25, -0.2) is 0 Å². The normalized spacial score (nSPS) is 13.1. The van der Waals surface area contributed by atoms with Crippen LogP contribution in [0.5, 0.6) is 0 Å². The van der Waals surface area contributed by atoms with Crippen LogP contribution in [0.25, 0.3) is 0 Å². The second-order valence-corrected chi connectivity index (χ2v) is 19.7. The van der Waals surface area contributed by atoms with Gasteiger partial charge in [0.1, 0.15) is 6.61 Å². The first-order valence-corrected chi connectivity index (χ1v) is 30.1. The Morgan fingerprint density at radius 3 is 0.833 bits per heavy atom. The second-order valence-electron chi connectivity index (χ2n) is 19.7. The average Bonchev–Trinajstić information content (AvgIpc) is 3.38. The van der Waals surface area contributed by atoms with Crippen molar-refractivity contribution in [2.24, 2.45) is 0 Å². The van der Waals surface area contributed by atoms with Crippen LogP contribution in [0.3, 0.4) is 0 Å². The predicted octanol–water partition coefficient (Wildman–Crippen LogP) is 20.6. The summed E-state index contributed by atoms with van der Waals surface area (Å²) in [5.41, 5.74) is 0. The van der Waals surface area contributed by atoms with Gasteiger partial charge in [0.15, 0.2) is 6.10 Å². The smallest absolute Gasteiger partial charge is 0.306 e. The van der Waals surface area contributed by atoms with Crippen molar-refractivity contribution in [2.75, 3.05) is 13.2 Å². The van der Waals surface area contributed by atoms with Crippen LogP contribution >= 0.6 is 0 Å². The molecule has 5 nitrogen and oxygen atoms in total. The van der Waals surface area contributed by atoms with Crippen LogP contribution in [0.1, 0.15) is 271 Å². The zero-order valence-corrected chi connectivity index (χ0v) is 46.9. The summed E-state index contributed by atoms with van der Waals surface area (Å²) in [5, 5.41) is 9.67. The lowest BCUT2D eigenvalue weighted by Crippen LogP contribution is -2.28. The predicted molar refractivity (Wildman–Crippen MR) is 315 cm³/mol. The van der Waals surface area contributed by atoms with Crippen molar-refractivity contribution in [3.63, 3.8) is 0 Å².